The Kier molecular flexibility index (Phi) is 4.29. The van der Waals surface area contributed by atoms with Gasteiger partial charge in [-0.15, -0.1) is 11.3 Å². The minimum atomic E-state index is -0.252. The average molecular weight is 226 g/mol. The Balaban J connectivity index is 2.52. The zero-order valence-corrected chi connectivity index (χ0v) is 10.0. The van der Waals surface area contributed by atoms with Gasteiger partial charge in [0.2, 0.25) is 5.91 Å². The minimum Gasteiger partial charge on any atom is -0.370 e. The number of nitrogens with two attached hydrogens (primary N) is 2. The molecular formula is C11H18N2OS. The van der Waals surface area contributed by atoms with Crippen LogP contribution in [0.1, 0.15) is 36.2 Å². The van der Waals surface area contributed by atoms with Crippen LogP contribution in [0.15, 0.2) is 11.4 Å². The third-order valence-corrected chi connectivity index (χ3v) is 3.60. The molecule has 15 heavy (non-hydrogen) atoms. The van der Waals surface area contributed by atoms with Crippen LogP contribution < -0.4 is 11.5 Å². The van der Waals surface area contributed by atoms with Crippen LogP contribution in [0.3, 0.4) is 0 Å². The number of amides is 1. The van der Waals surface area contributed by atoms with E-state index in [0.29, 0.717) is 6.42 Å². The van der Waals surface area contributed by atoms with Crippen LogP contribution >= 0.6 is 11.3 Å². The smallest absolute Gasteiger partial charge is 0.217 e. The van der Waals surface area contributed by atoms with Gasteiger partial charge < -0.3 is 11.5 Å². The molecular weight excluding hydrogens is 208 g/mol. The van der Waals surface area contributed by atoms with Gasteiger partial charge in [0.05, 0.1) is 0 Å². The third kappa shape index (κ3) is 3.64. The SMILES string of the molecule is Cc1ccsc1C(N)CC(C)CC(N)=O. The molecule has 2 unspecified atom stereocenters. The lowest BCUT2D eigenvalue weighted by atomic mass is 9.97. The summed E-state index contributed by atoms with van der Waals surface area (Å²) in [7, 11) is 0. The summed E-state index contributed by atoms with van der Waals surface area (Å²) in [5.41, 5.74) is 12.5. The minimum absolute atomic E-state index is 0.0272. The lowest BCUT2D eigenvalue weighted by Crippen LogP contribution is -2.19. The monoisotopic (exact) mass is 226 g/mol. The van der Waals surface area contributed by atoms with Crippen molar-refractivity contribution >= 4 is 17.2 Å². The van der Waals surface area contributed by atoms with Gasteiger partial charge in [0.1, 0.15) is 0 Å². The number of hydrogen-bond donors (Lipinski definition) is 2. The zero-order valence-electron chi connectivity index (χ0n) is 9.19. The van der Waals surface area contributed by atoms with Gasteiger partial charge in [-0.05, 0) is 36.3 Å². The van der Waals surface area contributed by atoms with Gasteiger partial charge in [-0.1, -0.05) is 6.92 Å². The van der Waals surface area contributed by atoms with Crippen LogP contribution in [-0.2, 0) is 4.79 Å². The van der Waals surface area contributed by atoms with E-state index in [1.54, 1.807) is 11.3 Å². The highest BCUT2D eigenvalue weighted by Crippen LogP contribution is 2.27. The Hall–Kier alpha value is -0.870. The van der Waals surface area contributed by atoms with Crippen LogP contribution in [0.5, 0.6) is 0 Å². The number of hydrogen-bond acceptors (Lipinski definition) is 3. The quantitative estimate of drug-likeness (QED) is 0.805. The second kappa shape index (κ2) is 5.28. The lowest BCUT2D eigenvalue weighted by molar-refractivity contribution is -0.118. The van der Waals surface area contributed by atoms with Crippen LogP contribution in [0.4, 0.5) is 0 Å². The molecule has 0 saturated carbocycles. The predicted molar refractivity (Wildman–Crippen MR) is 63.6 cm³/mol. The van der Waals surface area contributed by atoms with Gasteiger partial charge in [-0.25, -0.2) is 0 Å². The lowest BCUT2D eigenvalue weighted by Gasteiger charge is -2.15. The number of aryl methyl sites for hydroxylation is 1. The average Bonchev–Trinajstić information content (AvgIpc) is 2.49. The Morgan fingerprint density at radius 1 is 1.60 bits per heavy atom. The summed E-state index contributed by atoms with van der Waals surface area (Å²) in [6, 6.07) is 2.10. The predicted octanol–water partition coefficient (Wildman–Crippen LogP) is 1.96. The van der Waals surface area contributed by atoms with Crippen molar-refractivity contribution in [2.45, 2.75) is 32.7 Å². The second-order valence-corrected chi connectivity index (χ2v) is 5.03. The van der Waals surface area contributed by atoms with Crippen molar-refractivity contribution in [3.8, 4) is 0 Å². The molecule has 1 amide bonds. The topological polar surface area (TPSA) is 69.1 Å². The van der Waals surface area contributed by atoms with E-state index in [2.05, 4.69) is 13.0 Å². The second-order valence-electron chi connectivity index (χ2n) is 4.09. The molecule has 0 radical (unpaired) electrons. The van der Waals surface area contributed by atoms with E-state index in [-0.39, 0.29) is 17.9 Å². The van der Waals surface area contributed by atoms with Gasteiger partial charge in [0, 0.05) is 17.3 Å². The maximum Gasteiger partial charge on any atom is 0.217 e. The number of primary amides is 1. The van der Waals surface area contributed by atoms with E-state index < -0.39 is 0 Å². The zero-order chi connectivity index (χ0) is 11.4. The molecule has 4 heteroatoms. The molecule has 4 N–H and O–H groups in total. The molecule has 1 heterocycles. The first-order chi connectivity index (χ1) is 7.00. The van der Waals surface area contributed by atoms with Crippen molar-refractivity contribution in [1.82, 2.24) is 0 Å². The Labute approximate surface area is 94.5 Å². The van der Waals surface area contributed by atoms with Gasteiger partial charge in [-0.2, -0.15) is 0 Å². The molecule has 1 rings (SSSR count). The van der Waals surface area contributed by atoms with Crippen LogP contribution in [0.2, 0.25) is 0 Å². The molecule has 0 saturated heterocycles. The van der Waals surface area contributed by atoms with Crippen molar-refractivity contribution in [2.24, 2.45) is 17.4 Å². The first-order valence-electron chi connectivity index (χ1n) is 5.08. The van der Waals surface area contributed by atoms with Crippen molar-refractivity contribution in [3.63, 3.8) is 0 Å². The fraction of sp³-hybridized carbons (Fsp3) is 0.545. The molecule has 0 aromatic carbocycles. The molecule has 2 atom stereocenters. The molecule has 84 valence electrons. The van der Waals surface area contributed by atoms with Crippen molar-refractivity contribution in [3.05, 3.63) is 21.9 Å². The molecule has 0 aliphatic heterocycles. The number of carbonyl (C=O) groups excluding carboxylic acids is 1. The first-order valence-corrected chi connectivity index (χ1v) is 5.96. The van der Waals surface area contributed by atoms with Gasteiger partial charge in [0.15, 0.2) is 0 Å². The van der Waals surface area contributed by atoms with E-state index in [9.17, 15) is 4.79 Å². The Morgan fingerprint density at radius 3 is 2.73 bits per heavy atom. The van der Waals surface area contributed by atoms with Crippen LogP contribution in [0.25, 0.3) is 0 Å². The Bertz CT molecular complexity index is 335. The van der Waals surface area contributed by atoms with E-state index in [4.69, 9.17) is 11.5 Å². The molecule has 0 spiro atoms. The fourth-order valence-corrected chi connectivity index (χ4v) is 2.68. The van der Waals surface area contributed by atoms with Gasteiger partial charge >= 0.3 is 0 Å². The first kappa shape index (κ1) is 12.2. The maximum atomic E-state index is 10.7. The summed E-state index contributed by atoms with van der Waals surface area (Å²) in [4.78, 5) is 11.9. The molecule has 0 fully saturated rings. The highest BCUT2D eigenvalue weighted by atomic mass is 32.1. The molecule has 1 aromatic heterocycles. The van der Waals surface area contributed by atoms with Crippen LogP contribution in [0, 0.1) is 12.8 Å². The summed E-state index contributed by atoms with van der Waals surface area (Å²) in [6.07, 6.45) is 1.22. The number of thiophene rings is 1. The highest BCUT2D eigenvalue weighted by molar-refractivity contribution is 7.10. The van der Waals surface area contributed by atoms with E-state index >= 15 is 0 Å². The number of carbonyl (C=O) groups is 1. The molecule has 1 aromatic rings. The summed E-state index contributed by atoms with van der Waals surface area (Å²) < 4.78 is 0. The third-order valence-electron chi connectivity index (χ3n) is 2.44. The molecule has 0 aliphatic rings. The van der Waals surface area contributed by atoms with Gasteiger partial charge in [-0.3, -0.25) is 4.79 Å². The molecule has 0 bridgehead atoms. The van der Waals surface area contributed by atoms with E-state index in [0.717, 1.165) is 6.42 Å². The standard InChI is InChI=1S/C11H18N2OS/c1-7(6-10(13)14)5-9(12)11-8(2)3-4-15-11/h3-4,7,9H,5-6,12H2,1-2H3,(H2,13,14). The molecule has 0 aliphatic carbocycles. The Morgan fingerprint density at radius 2 is 2.27 bits per heavy atom. The summed E-state index contributed by atoms with van der Waals surface area (Å²) in [5.74, 6) is -0.00315. The van der Waals surface area contributed by atoms with E-state index in [1.165, 1.54) is 10.4 Å². The van der Waals surface area contributed by atoms with Crippen molar-refractivity contribution in [2.75, 3.05) is 0 Å². The normalized spacial score (nSPS) is 14.9. The summed E-state index contributed by atoms with van der Waals surface area (Å²) in [5, 5.41) is 2.04. The van der Waals surface area contributed by atoms with E-state index in [1.807, 2.05) is 12.3 Å². The van der Waals surface area contributed by atoms with Crippen molar-refractivity contribution in [1.29, 1.82) is 0 Å². The number of rotatable bonds is 5. The largest absolute Gasteiger partial charge is 0.370 e. The molecule has 3 nitrogen and oxygen atoms in total. The summed E-state index contributed by atoms with van der Waals surface area (Å²) >= 11 is 1.68. The summed E-state index contributed by atoms with van der Waals surface area (Å²) in [6.45, 7) is 4.07. The maximum absolute atomic E-state index is 10.7. The fourth-order valence-electron chi connectivity index (χ4n) is 1.73. The highest BCUT2D eigenvalue weighted by Gasteiger charge is 2.15. The van der Waals surface area contributed by atoms with Crippen LogP contribution in [-0.4, -0.2) is 5.91 Å². The van der Waals surface area contributed by atoms with Gasteiger partial charge in [0.25, 0.3) is 0 Å². The van der Waals surface area contributed by atoms with Crippen molar-refractivity contribution < 1.29 is 4.79 Å².